The first-order chi connectivity index (χ1) is 15.5. The van der Waals surface area contributed by atoms with E-state index in [1.807, 2.05) is 0 Å². The second-order valence-corrected chi connectivity index (χ2v) is 7.96. The Hall–Kier alpha value is -0.890. The van der Waals surface area contributed by atoms with Crippen molar-refractivity contribution in [2.75, 3.05) is 13.2 Å². The Balaban J connectivity index is 2.31. The summed E-state index contributed by atoms with van der Waals surface area (Å²) in [6, 6.07) is 0. The van der Waals surface area contributed by atoms with Gasteiger partial charge in [0.1, 0.15) is 67.1 Å². The minimum absolute atomic E-state index is 0.0593. The minimum Gasteiger partial charge on any atom is -0.394 e. The molecule has 0 spiro atoms. The van der Waals surface area contributed by atoms with Crippen molar-refractivity contribution in [3.8, 4) is 0 Å². The number of aliphatic hydroxyl groups excluding tert-OH is 10. The zero-order chi connectivity index (χ0) is 25.0. The maximum Gasteiger partial charge on any atom is 0.187 e. The Morgan fingerprint density at radius 3 is 2.06 bits per heavy atom. The summed E-state index contributed by atoms with van der Waals surface area (Å²) in [7, 11) is 0. The van der Waals surface area contributed by atoms with Crippen LogP contribution in [0.3, 0.4) is 0 Å². The lowest BCUT2D eigenvalue weighted by molar-refractivity contribution is -0.375. The highest BCUT2D eigenvalue weighted by Gasteiger charge is 2.51. The number of carbonyl (C=O) groups is 1. The quantitative estimate of drug-likeness (QED) is 0.128. The normalized spacial score (nSPS) is 43.5. The smallest absolute Gasteiger partial charge is 0.187 e. The first-order valence-corrected chi connectivity index (χ1v) is 10.2. The van der Waals surface area contributed by atoms with Gasteiger partial charge in [-0.05, 0) is 6.92 Å². The van der Waals surface area contributed by atoms with Gasteiger partial charge in [0, 0.05) is 0 Å². The third kappa shape index (κ3) is 6.22. The Labute approximate surface area is 187 Å². The third-order valence-corrected chi connectivity index (χ3v) is 5.61. The van der Waals surface area contributed by atoms with E-state index in [9.17, 15) is 55.9 Å². The van der Waals surface area contributed by atoms with Crippen LogP contribution in [0.15, 0.2) is 0 Å². The molecule has 15 heteroatoms. The Morgan fingerprint density at radius 2 is 1.52 bits per heavy atom. The lowest BCUT2D eigenvalue weighted by Gasteiger charge is -2.46. The van der Waals surface area contributed by atoms with Gasteiger partial charge in [-0.25, -0.2) is 0 Å². The van der Waals surface area contributed by atoms with Gasteiger partial charge in [0.25, 0.3) is 0 Å². The van der Waals surface area contributed by atoms with Crippen LogP contribution in [0.5, 0.6) is 0 Å². The molecule has 2 heterocycles. The number of hydrogen-bond donors (Lipinski definition) is 10. The molecule has 0 aromatic carbocycles. The van der Waals surface area contributed by atoms with Gasteiger partial charge in [-0.1, -0.05) is 0 Å². The molecule has 0 radical (unpaired) electrons. The molecule has 0 aromatic heterocycles. The summed E-state index contributed by atoms with van der Waals surface area (Å²) in [6.07, 6.45) is -24.3. The number of hydrogen-bond acceptors (Lipinski definition) is 15. The maximum absolute atomic E-state index is 10.8. The monoisotopic (exact) mass is 488 g/mol. The first-order valence-electron chi connectivity index (χ1n) is 10.2. The molecule has 194 valence electrons. The van der Waals surface area contributed by atoms with Crippen molar-refractivity contribution in [1.29, 1.82) is 0 Å². The molecule has 2 saturated heterocycles. The first kappa shape index (κ1) is 28.3. The molecular formula is C18H32O15. The second kappa shape index (κ2) is 12.2. The Morgan fingerprint density at radius 1 is 0.879 bits per heavy atom. The molecule has 15 nitrogen and oxygen atoms in total. The van der Waals surface area contributed by atoms with Gasteiger partial charge < -0.3 is 74.8 Å². The zero-order valence-corrected chi connectivity index (χ0v) is 17.6. The van der Waals surface area contributed by atoms with Crippen LogP contribution in [0.25, 0.3) is 0 Å². The van der Waals surface area contributed by atoms with E-state index in [2.05, 4.69) is 0 Å². The average molecular weight is 488 g/mol. The summed E-state index contributed by atoms with van der Waals surface area (Å²) < 4.78 is 21.5. The summed E-state index contributed by atoms with van der Waals surface area (Å²) in [5, 5.41) is 99.1. The van der Waals surface area contributed by atoms with Crippen LogP contribution < -0.4 is 0 Å². The highest BCUT2D eigenvalue weighted by atomic mass is 16.8. The number of rotatable bonds is 10. The SMILES string of the molecule is C[C@@H]1O[C@@H](O[C@H]2C(O[C@@H]([C@H](O)[C@@H](O)C=O)[C@H](O)CO)O[C@H](CO)[C@H](O)[C@@H]2O)[C@@H](O)[C@H](O)[C@@H]1O. The van der Waals surface area contributed by atoms with Crippen molar-refractivity contribution in [2.24, 2.45) is 0 Å². The number of ether oxygens (including phenoxy) is 4. The molecule has 0 amide bonds. The molecule has 33 heavy (non-hydrogen) atoms. The van der Waals surface area contributed by atoms with Crippen LogP contribution in [0.4, 0.5) is 0 Å². The molecule has 1 unspecified atom stereocenters. The van der Waals surface area contributed by atoms with Crippen molar-refractivity contribution in [1.82, 2.24) is 0 Å². The number of carbonyl (C=O) groups excluding carboxylic acids is 1. The van der Waals surface area contributed by atoms with Crippen LogP contribution in [0.2, 0.25) is 0 Å². The van der Waals surface area contributed by atoms with Crippen molar-refractivity contribution < 1.29 is 74.8 Å². The molecule has 2 rings (SSSR count). The topological polar surface area (TPSA) is 256 Å². The summed E-state index contributed by atoms with van der Waals surface area (Å²) in [6.45, 7) is -0.451. The predicted octanol–water partition coefficient (Wildman–Crippen LogP) is -6.70. The molecule has 2 aliphatic heterocycles. The zero-order valence-electron chi connectivity index (χ0n) is 17.6. The van der Waals surface area contributed by atoms with Gasteiger partial charge >= 0.3 is 0 Å². The van der Waals surface area contributed by atoms with E-state index in [0.717, 1.165) is 0 Å². The van der Waals surface area contributed by atoms with Crippen LogP contribution in [-0.4, -0.2) is 156 Å². The summed E-state index contributed by atoms with van der Waals surface area (Å²) in [5.74, 6) is 0. The fourth-order valence-corrected chi connectivity index (χ4v) is 3.52. The van der Waals surface area contributed by atoms with E-state index >= 15 is 0 Å². The summed E-state index contributed by atoms with van der Waals surface area (Å²) >= 11 is 0. The summed E-state index contributed by atoms with van der Waals surface area (Å²) in [5.41, 5.74) is 0. The lowest BCUT2D eigenvalue weighted by atomic mass is 9.97. The van der Waals surface area contributed by atoms with Crippen LogP contribution >= 0.6 is 0 Å². The molecule has 2 aliphatic rings. The van der Waals surface area contributed by atoms with Crippen LogP contribution in [0, 0.1) is 0 Å². The highest BCUT2D eigenvalue weighted by molar-refractivity contribution is 5.56. The van der Waals surface area contributed by atoms with Gasteiger partial charge in [0.2, 0.25) is 0 Å². The molecule has 10 N–H and O–H groups in total. The van der Waals surface area contributed by atoms with E-state index in [4.69, 9.17) is 18.9 Å². The molecule has 14 atom stereocenters. The van der Waals surface area contributed by atoms with Gasteiger partial charge in [-0.15, -0.1) is 0 Å². The van der Waals surface area contributed by atoms with E-state index < -0.39 is 99.0 Å². The minimum atomic E-state index is -2.08. The van der Waals surface area contributed by atoms with E-state index in [1.165, 1.54) is 6.92 Å². The van der Waals surface area contributed by atoms with Crippen molar-refractivity contribution >= 4 is 6.29 Å². The lowest BCUT2D eigenvalue weighted by Crippen LogP contribution is -2.65. The molecule has 0 bridgehead atoms. The van der Waals surface area contributed by atoms with Crippen LogP contribution in [0.1, 0.15) is 6.92 Å². The molecule has 0 saturated carbocycles. The van der Waals surface area contributed by atoms with Crippen LogP contribution in [-0.2, 0) is 23.7 Å². The van der Waals surface area contributed by atoms with Gasteiger partial charge in [0.15, 0.2) is 18.9 Å². The van der Waals surface area contributed by atoms with Crippen molar-refractivity contribution in [2.45, 2.75) is 92.8 Å². The fourth-order valence-electron chi connectivity index (χ4n) is 3.52. The molecular weight excluding hydrogens is 456 g/mol. The number of aldehydes is 1. The Kier molecular flexibility index (Phi) is 10.5. The second-order valence-electron chi connectivity index (χ2n) is 7.96. The maximum atomic E-state index is 10.8. The summed E-state index contributed by atoms with van der Waals surface area (Å²) in [4.78, 5) is 10.8. The van der Waals surface area contributed by atoms with Crippen molar-refractivity contribution in [3.05, 3.63) is 0 Å². The molecule has 0 aromatic rings. The van der Waals surface area contributed by atoms with Gasteiger partial charge in [-0.3, -0.25) is 0 Å². The predicted molar refractivity (Wildman–Crippen MR) is 101 cm³/mol. The third-order valence-electron chi connectivity index (χ3n) is 5.61. The van der Waals surface area contributed by atoms with E-state index in [-0.39, 0.29) is 6.29 Å². The largest absolute Gasteiger partial charge is 0.394 e. The molecule has 2 fully saturated rings. The van der Waals surface area contributed by atoms with Gasteiger partial charge in [0.05, 0.1) is 19.3 Å². The molecule has 0 aliphatic carbocycles. The average Bonchev–Trinajstić information content (AvgIpc) is 2.81. The van der Waals surface area contributed by atoms with E-state index in [1.54, 1.807) is 0 Å². The fraction of sp³-hybridized carbons (Fsp3) is 0.944. The number of aliphatic hydroxyl groups is 10. The van der Waals surface area contributed by atoms with Crippen molar-refractivity contribution in [3.63, 3.8) is 0 Å². The van der Waals surface area contributed by atoms with Gasteiger partial charge in [-0.2, -0.15) is 0 Å². The standard InChI is InChI=1S/C18H32O15/c1-5-9(24)12(27)14(29)17(30-5)33-16-13(28)11(26)8(4-21)31-18(16)32-15(7(23)3-20)10(25)6(22)2-19/h2,5-18,20-29H,3-4H2,1H3/t5-,6-,7+,8+,9+,10+,11-,12+,13-,14-,15+,16+,17-,18?/m0/s1. The van der Waals surface area contributed by atoms with E-state index in [0.29, 0.717) is 0 Å². The Bertz CT molecular complexity index is 609. The highest BCUT2D eigenvalue weighted by Crippen LogP contribution is 2.31.